The largest absolute Gasteiger partial charge is 0.497 e. The smallest absolute Gasteiger partial charge is 0.277 e. The number of fused-ring (bicyclic) bond motifs is 1. The number of nitrogens with two attached hydrogens (primary N) is 2. The quantitative estimate of drug-likeness (QED) is 0.535. The molecule has 0 aliphatic carbocycles. The summed E-state index contributed by atoms with van der Waals surface area (Å²) in [6, 6.07) is 5.92. The van der Waals surface area contributed by atoms with Crippen molar-refractivity contribution in [2.75, 3.05) is 18.6 Å². The highest BCUT2D eigenvalue weighted by Crippen LogP contribution is 2.21. The maximum atomic E-state index is 12.6. The number of aromatic nitrogens is 4. The third-order valence-electron chi connectivity index (χ3n) is 4.55. The van der Waals surface area contributed by atoms with Crippen LogP contribution in [0.4, 0.5) is 11.6 Å². The standard InChI is InChI=1S/C18H22ClN7O2/c1-4-25-11-7-6-10(28-3)8-12(11)26(5-2)13(25)9-22-18(27)14-16(20)24-17(21)15(19)23-14/h6-8H,4-5,9H2,1-3H3,(H4-,20,21,22,24,27)/p+1. The first-order chi connectivity index (χ1) is 13.4. The van der Waals surface area contributed by atoms with E-state index in [-0.39, 0.29) is 29.0 Å². The lowest BCUT2D eigenvalue weighted by Gasteiger charge is -2.08. The number of ether oxygens (including phenoxy) is 1. The number of nitrogen functional groups attached to an aromatic ring is 2. The second-order valence-corrected chi connectivity index (χ2v) is 6.43. The van der Waals surface area contributed by atoms with Gasteiger partial charge in [-0.25, -0.2) is 19.1 Å². The van der Waals surface area contributed by atoms with Crippen molar-refractivity contribution >= 4 is 40.2 Å². The number of hydrogen-bond donors (Lipinski definition) is 3. The number of carbonyl (C=O) groups excluding carboxylic acids is 1. The zero-order valence-corrected chi connectivity index (χ0v) is 16.7. The minimum atomic E-state index is -0.472. The van der Waals surface area contributed by atoms with Crippen LogP contribution in [0.15, 0.2) is 18.2 Å². The summed E-state index contributed by atoms with van der Waals surface area (Å²) in [4.78, 5) is 20.4. The number of nitrogens with one attached hydrogen (secondary N) is 1. The minimum Gasteiger partial charge on any atom is -0.497 e. The number of rotatable bonds is 6. The molecular weight excluding hydrogens is 382 g/mol. The van der Waals surface area contributed by atoms with Crippen molar-refractivity contribution in [2.45, 2.75) is 33.5 Å². The predicted molar refractivity (Wildman–Crippen MR) is 107 cm³/mol. The molecule has 10 heteroatoms. The molecule has 0 aliphatic heterocycles. The van der Waals surface area contributed by atoms with E-state index in [2.05, 4.69) is 31.3 Å². The average molecular weight is 405 g/mol. The summed E-state index contributed by atoms with van der Waals surface area (Å²) < 4.78 is 9.62. The van der Waals surface area contributed by atoms with Crippen LogP contribution in [0.25, 0.3) is 11.0 Å². The van der Waals surface area contributed by atoms with Crippen LogP contribution in [0.1, 0.15) is 30.2 Å². The van der Waals surface area contributed by atoms with Crippen LogP contribution in [-0.2, 0) is 19.6 Å². The Hall–Kier alpha value is -3.07. The lowest BCUT2D eigenvalue weighted by molar-refractivity contribution is -0.676. The maximum absolute atomic E-state index is 12.6. The lowest BCUT2D eigenvalue weighted by atomic mass is 10.3. The molecule has 0 bridgehead atoms. The summed E-state index contributed by atoms with van der Waals surface area (Å²) in [7, 11) is 1.64. The highest BCUT2D eigenvalue weighted by molar-refractivity contribution is 6.31. The monoisotopic (exact) mass is 404 g/mol. The van der Waals surface area contributed by atoms with Crippen molar-refractivity contribution in [2.24, 2.45) is 0 Å². The Morgan fingerprint density at radius 3 is 2.68 bits per heavy atom. The van der Waals surface area contributed by atoms with E-state index in [1.807, 2.05) is 25.1 Å². The summed E-state index contributed by atoms with van der Waals surface area (Å²) in [6.45, 7) is 5.86. The van der Waals surface area contributed by atoms with Gasteiger partial charge in [0, 0.05) is 6.07 Å². The van der Waals surface area contributed by atoms with E-state index in [9.17, 15) is 4.79 Å². The van der Waals surface area contributed by atoms with Crippen LogP contribution in [0.2, 0.25) is 5.15 Å². The van der Waals surface area contributed by atoms with Crippen molar-refractivity contribution in [1.82, 2.24) is 19.9 Å². The predicted octanol–water partition coefficient (Wildman–Crippen LogP) is 1.52. The first kappa shape index (κ1) is 19.7. The molecule has 0 radical (unpaired) electrons. The summed E-state index contributed by atoms with van der Waals surface area (Å²) in [5, 5.41) is 2.79. The van der Waals surface area contributed by atoms with E-state index < -0.39 is 5.91 Å². The molecule has 2 heterocycles. The Morgan fingerprint density at radius 2 is 2.04 bits per heavy atom. The van der Waals surface area contributed by atoms with Crippen molar-refractivity contribution in [3.05, 3.63) is 34.9 Å². The molecule has 0 unspecified atom stereocenters. The van der Waals surface area contributed by atoms with Gasteiger partial charge < -0.3 is 21.5 Å². The number of aryl methyl sites for hydroxylation is 2. The van der Waals surface area contributed by atoms with Crippen molar-refractivity contribution in [1.29, 1.82) is 0 Å². The van der Waals surface area contributed by atoms with Gasteiger partial charge >= 0.3 is 0 Å². The maximum Gasteiger partial charge on any atom is 0.277 e. The van der Waals surface area contributed by atoms with E-state index in [4.69, 9.17) is 27.8 Å². The van der Waals surface area contributed by atoms with Crippen LogP contribution in [0, 0.1) is 0 Å². The molecule has 0 aliphatic rings. The third-order valence-corrected chi connectivity index (χ3v) is 4.82. The molecule has 1 aromatic carbocycles. The summed E-state index contributed by atoms with van der Waals surface area (Å²) in [6.07, 6.45) is 0. The average Bonchev–Trinajstić information content (AvgIpc) is 3.00. The Bertz CT molecular complexity index is 1050. The molecule has 0 fully saturated rings. The normalized spacial score (nSPS) is 11.0. The molecule has 9 nitrogen and oxygen atoms in total. The van der Waals surface area contributed by atoms with Crippen LogP contribution in [0.5, 0.6) is 5.75 Å². The summed E-state index contributed by atoms with van der Waals surface area (Å²) >= 11 is 5.87. The molecule has 1 amide bonds. The number of anilines is 2. The Kier molecular flexibility index (Phi) is 5.55. The second-order valence-electron chi connectivity index (χ2n) is 6.08. The number of amides is 1. The zero-order chi connectivity index (χ0) is 20.4. The molecule has 0 atom stereocenters. The highest BCUT2D eigenvalue weighted by Gasteiger charge is 2.25. The van der Waals surface area contributed by atoms with Gasteiger partial charge in [0.2, 0.25) is 0 Å². The van der Waals surface area contributed by atoms with Gasteiger partial charge in [0.25, 0.3) is 11.7 Å². The van der Waals surface area contributed by atoms with E-state index in [1.165, 1.54) is 0 Å². The molecule has 3 aromatic rings. The Morgan fingerprint density at radius 1 is 1.29 bits per heavy atom. The Balaban J connectivity index is 1.96. The van der Waals surface area contributed by atoms with Crippen molar-refractivity contribution in [3.8, 4) is 5.75 Å². The number of hydrogen-bond acceptors (Lipinski definition) is 6. The molecular formula is C18H23ClN7O2+. The number of imidazole rings is 1. The molecule has 2 aromatic heterocycles. The van der Waals surface area contributed by atoms with Gasteiger partial charge in [0.1, 0.15) is 12.3 Å². The van der Waals surface area contributed by atoms with Gasteiger partial charge in [-0.2, -0.15) is 0 Å². The molecule has 0 saturated carbocycles. The fraction of sp³-hybridized carbons (Fsp3) is 0.333. The van der Waals surface area contributed by atoms with Crippen LogP contribution < -0.4 is 26.1 Å². The third kappa shape index (κ3) is 3.40. The van der Waals surface area contributed by atoms with E-state index in [1.54, 1.807) is 7.11 Å². The summed E-state index contributed by atoms with van der Waals surface area (Å²) in [5.41, 5.74) is 13.4. The number of benzene rings is 1. The first-order valence-corrected chi connectivity index (χ1v) is 9.24. The molecule has 5 N–H and O–H groups in total. The van der Waals surface area contributed by atoms with Crippen LogP contribution in [0.3, 0.4) is 0 Å². The van der Waals surface area contributed by atoms with Gasteiger partial charge in [-0.15, -0.1) is 0 Å². The van der Waals surface area contributed by atoms with Gasteiger partial charge in [-0.3, -0.25) is 4.79 Å². The molecule has 0 spiro atoms. The number of methoxy groups -OCH3 is 1. The van der Waals surface area contributed by atoms with Crippen LogP contribution in [-0.4, -0.2) is 27.6 Å². The number of halogens is 1. The van der Waals surface area contributed by atoms with Gasteiger partial charge in [-0.1, -0.05) is 11.6 Å². The number of nitrogens with zero attached hydrogens (tertiary/aromatic N) is 4. The minimum absolute atomic E-state index is 0.0143. The zero-order valence-electron chi connectivity index (χ0n) is 16.0. The molecule has 0 saturated heterocycles. The fourth-order valence-corrected chi connectivity index (χ4v) is 3.37. The SMILES string of the molecule is CCn1c(CNC(=O)c2nc(Cl)c(N)nc2N)[n+](CC)c2ccc(OC)cc21. The van der Waals surface area contributed by atoms with E-state index >= 15 is 0 Å². The second kappa shape index (κ2) is 7.89. The Labute approximate surface area is 167 Å². The van der Waals surface area contributed by atoms with Crippen LogP contribution >= 0.6 is 11.6 Å². The van der Waals surface area contributed by atoms with E-state index in [0.29, 0.717) is 0 Å². The molecule has 3 rings (SSSR count). The van der Waals surface area contributed by atoms with E-state index in [0.717, 1.165) is 35.7 Å². The first-order valence-electron chi connectivity index (χ1n) is 8.86. The topological polar surface area (TPSA) is 125 Å². The highest BCUT2D eigenvalue weighted by atomic mass is 35.5. The fourth-order valence-electron chi connectivity index (χ4n) is 3.25. The van der Waals surface area contributed by atoms with Gasteiger partial charge in [-0.05, 0) is 26.0 Å². The number of carbonyl (C=O) groups is 1. The van der Waals surface area contributed by atoms with Crippen molar-refractivity contribution in [3.63, 3.8) is 0 Å². The van der Waals surface area contributed by atoms with Gasteiger partial charge in [0.05, 0.1) is 20.2 Å². The van der Waals surface area contributed by atoms with Crippen molar-refractivity contribution < 1.29 is 14.1 Å². The molecule has 28 heavy (non-hydrogen) atoms. The van der Waals surface area contributed by atoms with Gasteiger partial charge in [0.15, 0.2) is 33.5 Å². The lowest BCUT2D eigenvalue weighted by Crippen LogP contribution is -2.40. The molecule has 148 valence electrons. The summed E-state index contributed by atoms with van der Waals surface area (Å²) in [5.74, 6) is 1.16.